The summed E-state index contributed by atoms with van der Waals surface area (Å²) < 4.78 is 0. The molecule has 0 aromatic heterocycles. The van der Waals surface area contributed by atoms with Gasteiger partial charge in [0.05, 0.1) is 17.6 Å². The van der Waals surface area contributed by atoms with Gasteiger partial charge in [0.15, 0.2) is 0 Å². The van der Waals surface area contributed by atoms with Gasteiger partial charge in [-0.05, 0) is 31.0 Å². The predicted octanol–water partition coefficient (Wildman–Crippen LogP) is 3.18. The molecular formula is C20H31ClN4O. The molecule has 3 rings (SSSR count). The normalized spacial score (nSPS) is 22.4. The molecule has 0 fully saturated rings. The third kappa shape index (κ3) is 3.40. The summed E-state index contributed by atoms with van der Waals surface area (Å²) in [7, 11) is 2.01. The van der Waals surface area contributed by atoms with E-state index in [0.29, 0.717) is 5.02 Å². The summed E-state index contributed by atoms with van der Waals surface area (Å²) in [5.41, 5.74) is 10.8. The van der Waals surface area contributed by atoms with E-state index < -0.39 is 0 Å². The zero-order chi connectivity index (χ0) is 19.1. The van der Waals surface area contributed by atoms with Gasteiger partial charge in [0.25, 0.3) is 0 Å². The number of rotatable bonds is 6. The lowest BCUT2D eigenvalue weighted by Gasteiger charge is -2.38. The van der Waals surface area contributed by atoms with E-state index in [2.05, 4.69) is 42.0 Å². The molecule has 4 N–H and O–H groups in total. The van der Waals surface area contributed by atoms with E-state index in [4.69, 9.17) is 17.3 Å². The minimum Gasteiger partial charge on any atom is -0.396 e. The summed E-state index contributed by atoms with van der Waals surface area (Å²) >= 11 is 6.25. The highest BCUT2D eigenvalue weighted by molar-refractivity contribution is 6.31. The molecular weight excluding hydrogens is 348 g/mol. The van der Waals surface area contributed by atoms with Gasteiger partial charge in [-0.15, -0.1) is 0 Å². The van der Waals surface area contributed by atoms with Gasteiger partial charge in [-0.2, -0.15) is 0 Å². The molecule has 0 radical (unpaired) electrons. The van der Waals surface area contributed by atoms with Crippen LogP contribution in [0.2, 0.25) is 5.02 Å². The average Bonchev–Trinajstić information content (AvgIpc) is 2.95. The molecule has 2 unspecified atom stereocenters. The van der Waals surface area contributed by atoms with E-state index >= 15 is 0 Å². The molecule has 2 heterocycles. The maximum atomic E-state index is 9.82. The number of anilines is 1. The Labute approximate surface area is 161 Å². The van der Waals surface area contributed by atoms with Crippen LogP contribution in [0.4, 0.5) is 5.69 Å². The van der Waals surface area contributed by atoms with Crippen LogP contribution >= 0.6 is 11.6 Å². The number of aliphatic hydroxyl groups is 1. The van der Waals surface area contributed by atoms with Crippen molar-refractivity contribution >= 4 is 23.0 Å². The minimum atomic E-state index is -0.234. The number of nitrogens with one attached hydrogen (secondary N) is 1. The second kappa shape index (κ2) is 7.29. The number of benzene rings is 1. The van der Waals surface area contributed by atoms with Crippen molar-refractivity contribution in [1.82, 2.24) is 10.2 Å². The van der Waals surface area contributed by atoms with Gasteiger partial charge in [0, 0.05) is 41.9 Å². The summed E-state index contributed by atoms with van der Waals surface area (Å²) in [5.74, 6) is 0. The highest BCUT2D eigenvalue weighted by Crippen LogP contribution is 2.43. The molecule has 0 bridgehead atoms. The molecule has 1 aromatic rings. The third-order valence-corrected chi connectivity index (χ3v) is 5.64. The van der Waals surface area contributed by atoms with Crippen LogP contribution in [-0.4, -0.2) is 42.5 Å². The maximum Gasteiger partial charge on any atom is 0.120 e. The Bertz CT molecular complexity index is 703. The number of nitrogens with zero attached hydrogens (tertiary/aromatic N) is 2. The predicted molar refractivity (Wildman–Crippen MR) is 109 cm³/mol. The number of fused-ring (bicyclic) bond motifs is 2. The molecule has 5 nitrogen and oxygen atoms in total. The van der Waals surface area contributed by atoms with Gasteiger partial charge in [0.2, 0.25) is 0 Å². The Balaban J connectivity index is 2.06. The van der Waals surface area contributed by atoms with Crippen LogP contribution in [0.5, 0.6) is 0 Å². The molecule has 1 aromatic carbocycles. The summed E-state index contributed by atoms with van der Waals surface area (Å²) in [6.45, 7) is 7.32. The lowest BCUT2D eigenvalue weighted by atomic mass is 9.92. The first kappa shape index (κ1) is 19.3. The number of halogens is 1. The van der Waals surface area contributed by atoms with Crippen LogP contribution in [0.15, 0.2) is 23.9 Å². The Morgan fingerprint density at radius 1 is 1.35 bits per heavy atom. The van der Waals surface area contributed by atoms with Crippen molar-refractivity contribution in [3.05, 3.63) is 34.5 Å². The van der Waals surface area contributed by atoms with Crippen molar-refractivity contribution in [2.24, 2.45) is 11.1 Å². The Hall–Kier alpha value is -1.43. The Morgan fingerprint density at radius 2 is 2.08 bits per heavy atom. The van der Waals surface area contributed by atoms with Crippen LogP contribution in [0, 0.1) is 5.41 Å². The van der Waals surface area contributed by atoms with E-state index in [9.17, 15) is 5.11 Å². The van der Waals surface area contributed by atoms with Gasteiger partial charge >= 0.3 is 0 Å². The second-order valence-electron chi connectivity index (χ2n) is 8.23. The van der Waals surface area contributed by atoms with Crippen LogP contribution in [0.1, 0.15) is 45.6 Å². The molecule has 0 amide bonds. The quantitative estimate of drug-likeness (QED) is 0.709. The van der Waals surface area contributed by atoms with E-state index in [-0.39, 0.29) is 24.4 Å². The minimum absolute atomic E-state index is 0.145. The average molecular weight is 379 g/mol. The van der Waals surface area contributed by atoms with Crippen molar-refractivity contribution in [2.75, 3.05) is 25.1 Å². The fourth-order valence-corrected chi connectivity index (χ4v) is 3.99. The van der Waals surface area contributed by atoms with Crippen molar-refractivity contribution in [2.45, 2.75) is 52.4 Å². The van der Waals surface area contributed by atoms with Gasteiger partial charge in [-0.1, -0.05) is 38.8 Å². The molecule has 0 spiro atoms. The van der Waals surface area contributed by atoms with Gasteiger partial charge in [-0.3, -0.25) is 0 Å². The van der Waals surface area contributed by atoms with Gasteiger partial charge < -0.3 is 26.0 Å². The van der Waals surface area contributed by atoms with Gasteiger partial charge in [-0.25, -0.2) is 0 Å². The Morgan fingerprint density at radius 3 is 2.73 bits per heavy atom. The molecule has 144 valence electrons. The number of hydrogen-bond donors (Lipinski definition) is 3. The topological polar surface area (TPSA) is 64.8 Å². The van der Waals surface area contributed by atoms with Crippen LogP contribution < -0.4 is 16.0 Å². The monoisotopic (exact) mass is 378 g/mol. The van der Waals surface area contributed by atoms with Crippen LogP contribution in [-0.2, 0) is 0 Å². The van der Waals surface area contributed by atoms with E-state index in [0.717, 1.165) is 48.5 Å². The third-order valence-electron chi connectivity index (χ3n) is 5.41. The molecule has 26 heavy (non-hydrogen) atoms. The first-order valence-corrected chi connectivity index (χ1v) is 9.83. The van der Waals surface area contributed by atoms with Crippen LogP contribution in [0.3, 0.4) is 0 Å². The fourth-order valence-electron chi connectivity index (χ4n) is 3.83. The maximum absolute atomic E-state index is 9.82. The molecule has 2 aliphatic heterocycles. The zero-order valence-electron chi connectivity index (χ0n) is 16.2. The van der Waals surface area contributed by atoms with E-state index in [1.165, 1.54) is 0 Å². The van der Waals surface area contributed by atoms with Crippen molar-refractivity contribution in [3.8, 4) is 0 Å². The first-order chi connectivity index (χ1) is 12.3. The smallest absolute Gasteiger partial charge is 0.120 e. The second-order valence-corrected chi connectivity index (χ2v) is 8.67. The van der Waals surface area contributed by atoms with Crippen LogP contribution in [0.25, 0.3) is 5.70 Å². The summed E-state index contributed by atoms with van der Waals surface area (Å²) in [6, 6.07) is 6.00. The van der Waals surface area contributed by atoms with E-state index in [1.54, 1.807) is 0 Å². The van der Waals surface area contributed by atoms with Crippen molar-refractivity contribution < 1.29 is 5.11 Å². The zero-order valence-corrected chi connectivity index (χ0v) is 17.0. The molecule has 0 saturated heterocycles. The Kier molecular flexibility index (Phi) is 5.42. The molecule has 0 saturated carbocycles. The number of nitrogens with two attached hydrogens (primary N) is 1. The number of hydrogen-bond acceptors (Lipinski definition) is 5. The molecule has 6 heteroatoms. The van der Waals surface area contributed by atoms with Gasteiger partial charge in [0.1, 0.15) is 6.17 Å². The molecule has 2 atom stereocenters. The summed E-state index contributed by atoms with van der Waals surface area (Å²) in [5, 5.41) is 14.2. The molecule has 0 aliphatic carbocycles. The lowest BCUT2D eigenvalue weighted by molar-refractivity contribution is 0.109. The highest BCUT2D eigenvalue weighted by atomic mass is 35.5. The standard InChI is InChI=1S/C20H31ClN4O/c1-5-6-7-16-23-17-18(25(16)11-20(2,3)12-26)14-9-8-13(21)10-15(14)24(4)19(17)22/h8-10,16,19,23,26H,5-7,11-12,22H2,1-4H3. The van der Waals surface area contributed by atoms with Crippen molar-refractivity contribution in [1.29, 1.82) is 0 Å². The highest BCUT2D eigenvalue weighted by Gasteiger charge is 2.41. The van der Waals surface area contributed by atoms with Crippen molar-refractivity contribution in [3.63, 3.8) is 0 Å². The number of likely N-dealkylation sites (N-methyl/N-ethyl adjacent to an activating group) is 1. The number of unbranched alkanes of at least 4 members (excludes halogenated alkanes) is 1. The van der Waals surface area contributed by atoms with E-state index in [1.807, 2.05) is 19.2 Å². The fraction of sp³-hybridized carbons (Fsp3) is 0.600. The summed E-state index contributed by atoms with van der Waals surface area (Å²) in [4.78, 5) is 4.48. The lowest BCUT2D eigenvalue weighted by Crippen LogP contribution is -2.47. The first-order valence-electron chi connectivity index (χ1n) is 9.45. The SMILES string of the molecule is CCCCC1NC2=C(c3ccc(Cl)cc3N(C)C2N)N1CC(C)(C)CO. The summed E-state index contributed by atoms with van der Waals surface area (Å²) in [6.07, 6.45) is 3.31. The largest absolute Gasteiger partial charge is 0.396 e. The molecule has 2 aliphatic rings. The number of aliphatic hydroxyl groups excluding tert-OH is 1.